The zero-order valence-corrected chi connectivity index (χ0v) is 20.2. The predicted octanol–water partition coefficient (Wildman–Crippen LogP) is 3.68. The molecule has 0 aromatic heterocycles. The number of hydrogen-bond acceptors (Lipinski definition) is 7. The second kappa shape index (κ2) is 13.1. The van der Waals surface area contributed by atoms with Gasteiger partial charge in [0, 0.05) is 19.5 Å². The van der Waals surface area contributed by atoms with Crippen molar-refractivity contribution in [3.63, 3.8) is 0 Å². The topological polar surface area (TPSA) is 94.2 Å². The fourth-order valence-corrected chi connectivity index (χ4v) is 2.71. The number of hydrogen-bond donors (Lipinski definition) is 1. The van der Waals surface area contributed by atoms with Crippen molar-refractivity contribution in [2.75, 3.05) is 26.2 Å². The molecule has 0 unspecified atom stereocenters. The summed E-state index contributed by atoms with van der Waals surface area (Å²) in [6.45, 7) is 12.3. The molecule has 8 nitrogen and oxygen atoms in total. The summed E-state index contributed by atoms with van der Waals surface area (Å²) in [5.41, 5.74) is -0.236. The Morgan fingerprint density at radius 3 is 2.09 bits per heavy atom. The van der Waals surface area contributed by atoms with Gasteiger partial charge >= 0.3 is 18.0 Å². The minimum absolute atomic E-state index is 0.0618. The summed E-state index contributed by atoms with van der Waals surface area (Å²) in [6.07, 6.45) is 0.235. The number of amides is 1. The van der Waals surface area contributed by atoms with Crippen LogP contribution in [0.15, 0.2) is 30.3 Å². The zero-order valence-electron chi connectivity index (χ0n) is 20.2. The summed E-state index contributed by atoms with van der Waals surface area (Å²) in [4.78, 5) is 38.0. The number of nitrogens with zero attached hydrogens (tertiary/aromatic N) is 1. The van der Waals surface area contributed by atoms with Crippen LogP contribution in [-0.2, 0) is 30.4 Å². The largest absolute Gasteiger partial charge is 0.461 e. The van der Waals surface area contributed by atoms with Crippen molar-refractivity contribution in [3.05, 3.63) is 35.9 Å². The standard InChI is InChI=1S/C24H38N2O6/c1-23(2,3)31-21(28)17-26(16-14-25-22(29)32-24(4,5)6)15-10-13-20(27)30-18-19-11-8-7-9-12-19/h7-9,11-12H,10,13-18H2,1-6H3,(H,25,29). The van der Waals surface area contributed by atoms with Crippen LogP contribution in [0.3, 0.4) is 0 Å². The fourth-order valence-electron chi connectivity index (χ4n) is 2.71. The number of carbonyl (C=O) groups is 3. The van der Waals surface area contributed by atoms with E-state index in [1.165, 1.54) is 0 Å². The SMILES string of the molecule is CC(C)(C)OC(=O)CN(CCCC(=O)OCc1ccccc1)CCNC(=O)OC(C)(C)C. The molecule has 0 saturated heterocycles. The van der Waals surface area contributed by atoms with E-state index in [0.717, 1.165) is 5.56 Å². The van der Waals surface area contributed by atoms with Gasteiger partial charge in [-0.1, -0.05) is 30.3 Å². The Bertz CT molecular complexity index is 722. The van der Waals surface area contributed by atoms with E-state index in [-0.39, 0.29) is 31.5 Å². The highest BCUT2D eigenvalue weighted by molar-refractivity contribution is 5.72. The lowest BCUT2D eigenvalue weighted by atomic mass is 10.2. The molecule has 32 heavy (non-hydrogen) atoms. The monoisotopic (exact) mass is 450 g/mol. The van der Waals surface area contributed by atoms with Crippen LogP contribution in [0, 0.1) is 0 Å². The number of benzene rings is 1. The van der Waals surface area contributed by atoms with Crippen LogP contribution in [0.1, 0.15) is 59.9 Å². The van der Waals surface area contributed by atoms with Crippen molar-refractivity contribution >= 4 is 18.0 Å². The molecule has 1 rings (SSSR count). The van der Waals surface area contributed by atoms with Gasteiger partial charge in [0.2, 0.25) is 0 Å². The number of carbonyl (C=O) groups excluding carboxylic acids is 3. The fraction of sp³-hybridized carbons (Fsp3) is 0.625. The lowest BCUT2D eigenvalue weighted by Crippen LogP contribution is -2.41. The van der Waals surface area contributed by atoms with Crippen molar-refractivity contribution in [1.29, 1.82) is 0 Å². The van der Waals surface area contributed by atoms with Crippen molar-refractivity contribution in [2.45, 2.75) is 72.2 Å². The summed E-state index contributed by atoms with van der Waals surface area (Å²) in [5, 5.41) is 2.68. The second-order valence-corrected chi connectivity index (χ2v) is 9.54. The van der Waals surface area contributed by atoms with Crippen molar-refractivity contribution in [2.24, 2.45) is 0 Å². The quantitative estimate of drug-likeness (QED) is 0.406. The van der Waals surface area contributed by atoms with Crippen LogP contribution in [-0.4, -0.2) is 60.3 Å². The number of rotatable bonds is 11. The maximum Gasteiger partial charge on any atom is 0.407 e. The molecule has 1 aromatic rings. The summed E-state index contributed by atoms with van der Waals surface area (Å²) >= 11 is 0. The van der Waals surface area contributed by atoms with Crippen LogP contribution in [0.25, 0.3) is 0 Å². The molecular weight excluding hydrogens is 412 g/mol. The molecule has 0 aliphatic heterocycles. The molecule has 1 N–H and O–H groups in total. The number of ether oxygens (including phenoxy) is 3. The Labute approximate surface area is 191 Å². The van der Waals surface area contributed by atoms with Crippen LogP contribution in [0.5, 0.6) is 0 Å². The molecule has 1 aromatic carbocycles. The zero-order chi connectivity index (χ0) is 24.2. The van der Waals surface area contributed by atoms with E-state index in [2.05, 4.69) is 5.32 Å². The smallest absolute Gasteiger partial charge is 0.407 e. The normalized spacial score (nSPS) is 11.7. The van der Waals surface area contributed by atoms with Gasteiger partial charge in [-0.25, -0.2) is 4.79 Å². The van der Waals surface area contributed by atoms with Gasteiger partial charge in [0.25, 0.3) is 0 Å². The molecule has 0 aliphatic carbocycles. The minimum atomic E-state index is -0.585. The lowest BCUT2D eigenvalue weighted by Gasteiger charge is -2.25. The first-order chi connectivity index (χ1) is 14.8. The van der Waals surface area contributed by atoms with Gasteiger partial charge < -0.3 is 19.5 Å². The van der Waals surface area contributed by atoms with Gasteiger partial charge in [-0.15, -0.1) is 0 Å². The van der Waals surface area contributed by atoms with E-state index in [4.69, 9.17) is 14.2 Å². The second-order valence-electron chi connectivity index (χ2n) is 9.54. The lowest BCUT2D eigenvalue weighted by molar-refractivity contribution is -0.156. The van der Waals surface area contributed by atoms with E-state index in [9.17, 15) is 14.4 Å². The Morgan fingerprint density at radius 1 is 0.875 bits per heavy atom. The molecular formula is C24H38N2O6. The van der Waals surface area contributed by atoms with Crippen LogP contribution >= 0.6 is 0 Å². The van der Waals surface area contributed by atoms with E-state index in [1.54, 1.807) is 20.8 Å². The molecule has 0 saturated carbocycles. The Kier molecular flexibility index (Phi) is 11.2. The predicted molar refractivity (Wildman–Crippen MR) is 122 cm³/mol. The summed E-state index contributed by atoms with van der Waals surface area (Å²) in [7, 11) is 0. The van der Waals surface area contributed by atoms with Crippen LogP contribution in [0.2, 0.25) is 0 Å². The number of nitrogens with one attached hydrogen (secondary N) is 1. The summed E-state index contributed by atoms with van der Waals surface area (Å²) < 4.78 is 15.9. The van der Waals surface area contributed by atoms with E-state index in [0.29, 0.717) is 26.1 Å². The van der Waals surface area contributed by atoms with Crippen molar-refractivity contribution in [3.8, 4) is 0 Å². The Balaban J connectivity index is 2.47. The van der Waals surface area contributed by atoms with Gasteiger partial charge in [0.05, 0.1) is 6.54 Å². The van der Waals surface area contributed by atoms with E-state index >= 15 is 0 Å². The minimum Gasteiger partial charge on any atom is -0.461 e. The average Bonchev–Trinajstić information content (AvgIpc) is 2.64. The Hall–Kier alpha value is -2.61. The Morgan fingerprint density at radius 2 is 1.50 bits per heavy atom. The molecule has 0 heterocycles. The van der Waals surface area contributed by atoms with Gasteiger partial charge in [-0.2, -0.15) is 0 Å². The highest BCUT2D eigenvalue weighted by Crippen LogP contribution is 2.09. The van der Waals surface area contributed by atoms with Gasteiger partial charge in [0.1, 0.15) is 17.8 Å². The summed E-state index contributed by atoms with van der Waals surface area (Å²) in [5.74, 6) is -0.653. The molecule has 0 aliphatic rings. The molecule has 0 atom stereocenters. The molecule has 1 amide bonds. The van der Waals surface area contributed by atoms with Crippen LogP contribution in [0.4, 0.5) is 4.79 Å². The summed E-state index contributed by atoms with van der Waals surface area (Å²) in [6, 6.07) is 9.48. The molecule has 8 heteroatoms. The van der Waals surface area contributed by atoms with E-state index in [1.807, 2.05) is 56.0 Å². The highest BCUT2D eigenvalue weighted by Gasteiger charge is 2.20. The van der Waals surface area contributed by atoms with Crippen molar-refractivity contribution < 1.29 is 28.6 Å². The molecule has 0 radical (unpaired) electrons. The number of alkyl carbamates (subject to hydrolysis) is 1. The first-order valence-electron chi connectivity index (χ1n) is 10.9. The third-order valence-electron chi connectivity index (χ3n) is 3.97. The first kappa shape index (κ1) is 27.4. The van der Waals surface area contributed by atoms with E-state index < -0.39 is 17.3 Å². The van der Waals surface area contributed by atoms with Gasteiger partial charge in [-0.3, -0.25) is 14.5 Å². The molecule has 0 bridgehead atoms. The molecule has 0 fully saturated rings. The maximum atomic E-state index is 12.2. The molecule has 0 spiro atoms. The van der Waals surface area contributed by atoms with Gasteiger partial charge in [0.15, 0.2) is 0 Å². The number of esters is 2. The van der Waals surface area contributed by atoms with Crippen molar-refractivity contribution in [1.82, 2.24) is 10.2 Å². The van der Waals surface area contributed by atoms with Gasteiger partial charge in [-0.05, 0) is 60.1 Å². The average molecular weight is 451 g/mol. The maximum absolute atomic E-state index is 12.2. The van der Waals surface area contributed by atoms with Crippen LogP contribution < -0.4 is 5.32 Å². The highest BCUT2D eigenvalue weighted by atomic mass is 16.6. The first-order valence-corrected chi connectivity index (χ1v) is 10.9. The third kappa shape index (κ3) is 14.4. The third-order valence-corrected chi connectivity index (χ3v) is 3.97. The molecule has 180 valence electrons.